The summed E-state index contributed by atoms with van der Waals surface area (Å²) in [5.41, 5.74) is 0. The molecule has 2 heterocycles. The van der Waals surface area contributed by atoms with E-state index in [-0.39, 0.29) is 17.9 Å². The van der Waals surface area contributed by atoms with E-state index in [1.54, 1.807) is 0 Å². The molecule has 4 amide bonds. The lowest BCUT2D eigenvalue weighted by Crippen LogP contribution is -2.61. The van der Waals surface area contributed by atoms with E-state index < -0.39 is 17.9 Å². The lowest BCUT2D eigenvalue weighted by molar-refractivity contribution is -0.144. The van der Waals surface area contributed by atoms with Crippen molar-refractivity contribution in [3.8, 4) is 0 Å². The summed E-state index contributed by atoms with van der Waals surface area (Å²) in [6.45, 7) is 4.98. The normalized spacial score (nSPS) is 29.6. The van der Waals surface area contributed by atoms with E-state index in [1.165, 1.54) is 4.90 Å². The Morgan fingerprint density at radius 3 is 2.74 bits per heavy atom. The summed E-state index contributed by atoms with van der Waals surface area (Å²) in [4.78, 5) is 37.1. The maximum Gasteiger partial charge on any atom is 0.331 e. The number of imide groups is 2. The Morgan fingerprint density at radius 2 is 2.16 bits per heavy atom. The van der Waals surface area contributed by atoms with Crippen molar-refractivity contribution >= 4 is 17.8 Å². The van der Waals surface area contributed by atoms with Crippen LogP contribution >= 0.6 is 0 Å². The number of ether oxygens (including phenoxy) is 1. The van der Waals surface area contributed by atoms with Crippen LogP contribution in [0.15, 0.2) is 0 Å². The summed E-state index contributed by atoms with van der Waals surface area (Å²) in [5.74, 6) is -1.41. The first-order chi connectivity index (χ1) is 9.06. The van der Waals surface area contributed by atoms with E-state index in [1.807, 2.05) is 13.8 Å². The Labute approximate surface area is 112 Å². The predicted molar refractivity (Wildman–Crippen MR) is 67.2 cm³/mol. The van der Waals surface area contributed by atoms with E-state index >= 15 is 0 Å². The van der Waals surface area contributed by atoms with Crippen LogP contribution in [0.4, 0.5) is 4.79 Å². The minimum absolute atomic E-state index is 0.158. The van der Waals surface area contributed by atoms with Gasteiger partial charge in [0.2, 0.25) is 11.8 Å². The number of nitrogens with one attached hydrogen (secondary N) is 1. The van der Waals surface area contributed by atoms with E-state index in [0.29, 0.717) is 19.6 Å². The predicted octanol–water partition coefficient (Wildman–Crippen LogP) is 0.906. The maximum absolute atomic E-state index is 12.3. The third-order valence-corrected chi connectivity index (χ3v) is 3.93. The van der Waals surface area contributed by atoms with Crippen LogP contribution in [0.3, 0.4) is 0 Å². The number of amides is 4. The average Bonchev–Trinajstić information content (AvgIpc) is 2.87. The Bertz CT molecular complexity index is 390. The fraction of sp³-hybridized carbons (Fsp3) is 0.769. The smallest absolute Gasteiger partial charge is 0.331 e. The third-order valence-electron chi connectivity index (χ3n) is 3.93. The van der Waals surface area contributed by atoms with Gasteiger partial charge in [-0.15, -0.1) is 0 Å². The molecule has 0 aromatic carbocycles. The van der Waals surface area contributed by atoms with E-state index in [9.17, 15) is 14.4 Å². The molecule has 0 aromatic rings. The second kappa shape index (κ2) is 5.69. The molecule has 3 atom stereocenters. The molecule has 3 unspecified atom stereocenters. The van der Waals surface area contributed by atoms with Gasteiger partial charge in [-0.2, -0.15) is 0 Å². The summed E-state index contributed by atoms with van der Waals surface area (Å²) < 4.78 is 5.30. The van der Waals surface area contributed by atoms with Crippen LogP contribution in [0.5, 0.6) is 0 Å². The standard InChI is InChI=1S/C13H20N2O4/c1-3-4-10-11(16)14-13(18)15(12(10)17)8(2)9-5-6-19-7-9/h8-10H,3-7H2,1-2H3,(H,14,16,18). The summed E-state index contributed by atoms with van der Waals surface area (Å²) in [6, 6.07) is -0.829. The molecule has 0 aliphatic carbocycles. The van der Waals surface area contributed by atoms with Crippen molar-refractivity contribution in [1.82, 2.24) is 10.2 Å². The van der Waals surface area contributed by atoms with Gasteiger partial charge < -0.3 is 4.74 Å². The van der Waals surface area contributed by atoms with E-state index in [4.69, 9.17) is 4.74 Å². The Balaban J connectivity index is 2.15. The maximum atomic E-state index is 12.3. The molecule has 2 fully saturated rings. The monoisotopic (exact) mass is 268 g/mol. The number of barbiturate groups is 1. The average molecular weight is 268 g/mol. The Morgan fingerprint density at radius 1 is 1.42 bits per heavy atom. The van der Waals surface area contributed by atoms with Crippen LogP contribution in [-0.2, 0) is 14.3 Å². The zero-order valence-corrected chi connectivity index (χ0v) is 11.3. The van der Waals surface area contributed by atoms with Gasteiger partial charge in [-0.3, -0.25) is 19.8 Å². The SMILES string of the molecule is CCCC1C(=O)NC(=O)N(C(C)C2CCOC2)C1=O. The molecule has 19 heavy (non-hydrogen) atoms. The zero-order valence-electron chi connectivity index (χ0n) is 11.3. The number of carbonyl (C=O) groups is 3. The van der Waals surface area contributed by atoms with Crippen LogP contribution in [0, 0.1) is 11.8 Å². The molecule has 2 rings (SSSR count). The van der Waals surface area contributed by atoms with Crippen molar-refractivity contribution in [2.45, 2.75) is 39.2 Å². The van der Waals surface area contributed by atoms with E-state index in [0.717, 1.165) is 12.8 Å². The molecular weight excluding hydrogens is 248 g/mol. The van der Waals surface area contributed by atoms with Gasteiger partial charge in [-0.05, 0) is 19.8 Å². The number of hydrogen-bond acceptors (Lipinski definition) is 4. The van der Waals surface area contributed by atoms with Gasteiger partial charge in [-0.1, -0.05) is 13.3 Å². The minimum Gasteiger partial charge on any atom is -0.381 e. The van der Waals surface area contributed by atoms with Crippen molar-refractivity contribution in [3.63, 3.8) is 0 Å². The van der Waals surface area contributed by atoms with Crippen molar-refractivity contribution in [1.29, 1.82) is 0 Å². The number of hydrogen-bond donors (Lipinski definition) is 1. The summed E-state index contributed by atoms with van der Waals surface area (Å²) >= 11 is 0. The first-order valence-corrected chi connectivity index (χ1v) is 6.82. The molecule has 6 nitrogen and oxygen atoms in total. The first kappa shape index (κ1) is 14.0. The molecule has 2 aliphatic heterocycles. The van der Waals surface area contributed by atoms with Crippen molar-refractivity contribution < 1.29 is 19.1 Å². The highest BCUT2D eigenvalue weighted by atomic mass is 16.5. The van der Waals surface area contributed by atoms with Crippen molar-refractivity contribution in [2.75, 3.05) is 13.2 Å². The second-order valence-corrected chi connectivity index (χ2v) is 5.21. The van der Waals surface area contributed by atoms with Crippen LogP contribution < -0.4 is 5.32 Å². The lowest BCUT2D eigenvalue weighted by atomic mass is 9.94. The third kappa shape index (κ3) is 2.63. The summed E-state index contributed by atoms with van der Waals surface area (Å²) in [6.07, 6.45) is 2.04. The van der Waals surface area contributed by atoms with Crippen LogP contribution in [0.1, 0.15) is 33.1 Å². The highest BCUT2D eigenvalue weighted by Crippen LogP contribution is 2.25. The molecule has 2 saturated heterocycles. The molecule has 0 aromatic heterocycles. The molecular formula is C13H20N2O4. The number of nitrogens with zero attached hydrogens (tertiary/aromatic N) is 1. The molecule has 0 saturated carbocycles. The second-order valence-electron chi connectivity index (χ2n) is 5.21. The van der Waals surface area contributed by atoms with Gasteiger partial charge in [0, 0.05) is 18.6 Å². The minimum atomic E-state index is -0.729. The zero-order chi connectivity index (χ0) is 14.0. The lowest BCUT2D eigenvalue weighted by Gasteiger charge is -2.36. The highest BCUT2D eigenvalue weighted by molar-refractivity contribution is 6.16. The van der Waals surface area contributed by atoms with E-state index in [2.05, 4.69) is 5.32 Å². The van der Waals surface area contributed by atoms with Crippen molar-refractivity contribution in [2.24, 2.45) is 11.8 Å². The molecule has 2 aliphatic rings. The fourth-order valence-corrected chi connectivity index (χ4v) is 2.71. The molecule has 0 radical (unpaired) electrons. The molecule has 106 valence electrons. The van der Waals surface area contributed by atoms with Gasteiger partial charge in [-0.25, -0.2) is 4.79 Å². The quantitative estimate of drug-likeness (QED) is 0.769. The van der Waals surface area contributed by atoms with Gasteiger partial charge >= 0.3 is 6.03 Å². The largest absolute Gasteiger partial charge is 0.381 e. The van der Waals surface area contributed by atoms with Crippen LogP contribution in [-0.4, -0.2) is 42.0 Å². The fourth-order valence-electron chi connectivity index (χ4n) is 2.71. The van der Waals surface area contributed by atoms with Crippen LogP contribution in [0.25, 0.3) is 0 Å². The van der Waals surface area contributed by atoms with Gasteiger partial charge in [0.05, 0.1) is 6.61 Å². The van der Waals surface area contributed by atoms with Gasteiger partial charge in [0.1, 0.15) is 5.92 Å². The summed E-state index contributed by atoms with van der Waals surface area (Å²) in [5, 5.41) is 2.29. The number of rotatable bonds is 4. The highest BCUT2D eigenvalue weighted by Gasteiger charge is 2.44. The Hall–Kier alpha value is -1.43. The first-order valence-electron chi connectivity index (χ1n) is 6.82. The number of urea groups is 1. The molecule has 0 spiro atoms. The van der Waals surface area contributed by atoms with Gasteiger partial charge in [0.25, 0.3) is 0 Å². The molecule has 6 heteroatoms. The van der Waals surface area contributed by atoms with Crippen LogP contribution in [0.2, 0.25) is 0 Å². The summed E-state index contributed by atoms with van der Waals surface area (Å²) in [7, 11) is 0. The van der Waals surface area contributed by atoms with Crippen molar-refractivity contribution in [3.05, 3.63) is 0 Å². The molecule has 1 N–H and O–H groups in total. The number of carbonyl (C=O) groups excluding carboxylic acids is 3. The van der Waals surface area contributed by atoms with Gasteiger partial charge in [0.15, 0.2) is 0 Å². The Kier molecular flexibility index (Phi) is 4.19. The topological polar surface area (TPSA) is 75.7 Å². The molecule has 0 bridgehead atoms.